The standard InChI is InChI=1S/C29H24BrFN4O4/c30-24-15-22(34-10-12-37-13-11-34)17-35-27(24)33-25(26(29(35)36)38-18-20-4-2-1-3-5-20)28-32-16-23(39-28)14-19-6-8-21(31)9-7-19/h1-9,15-17H,10-14,18H2. The van der Waals surface area contributed by atoms with Gasteiger partial charge in [0, 0.05) is 25.7 Å². The quantitative estimate of drug-likeness (QED) is 0.256. The van der Waals surface area contributed by atoms with Gasteiger partial charge in [-0.05, 0) is 45.3 Å². The highest BCUT2D eigenvalue weighted by atomic mass is 79.9. The molecular weight excluding hydrogens is 567 g/mol. The van der Waals surface area contributed by atoms with Gasteiger partial charge in [0.05, 0.1) is 29.6 Å². The third kappa shape index (κ3) is 5.43. The van der Waals surface area contributed by atoms with Crippen molar-refractivity contribution in [3.05, 3.63) is 111 Å². The molecule has 0 radical (unpaired) electrons. The zero-order valence-electron chi connectivity index (χ0n) is 20.8. The molecule has 0 amide bonds. The fraction of sp³-hybridized carbons (Fsp3) is 0.207. The van der Waals surface area contributed by atoms with Crippen molar-refractivity contribution in [1.29, 1.82) is 0 Å². The van der Waals surface area contributed by atoms with Crippen LogP contribution < -0.4 is 15.2 Å². The van der Waals surface area contributed by atoms with Crippen molar-refractivity contribution in [1.82, 2.24) is 14.4 Å². The van der Waals surface area contributed by atoms with Crippen LogP contribution >= 0.6 is 15.9 Å². The molecule has 5 aromatic rings. The molecular formula is C29H24BrFN4O4. The second-order valence-corrected chi connectivity index (χ2v) is 10.00. The lowest BCUT2D eigenvalue weighted by Crippen LogP contribution is -2.36. The van der Waals surface area contributed by atoms with Gasteiger partial charge < -0.3 is 18.8 Å². The van der Waals surface area contributed by atoms with E-state index in [9.17, 15) is 9.18 Å². The lowest BCUT2D eigenvalue weighted by atomic mass is 10.1. The third-order valence-electron chi connectivity index (χ3n) is 6.47. The number of rotatable bonds is 7. The molecule has 2 aromatic carbocycles. The topological polar surface area (TPSA) is 82.1 Å². The molecule has 3 aromatic heterocycles. The van der Waals surface area contributed by atoms with Crippen molar-refractivity contribution in [2.45, 2.75) is 13.0 Å². The smallest absolute Gasteiger partial charge is 0.301 e. The minimum Gasteiger partial charge on any atom is -0.481 e. The Balaban J connectivity index is 1.42. The summed E-state index contributed by atoms with van der Waals surface area (Å²) in [6, 6.07) is 17.7. The molecule has 1 aliphatic heterocycles. The molecule has 6 rings (SSSR count). The van der Waals surface area contributed by atoms with Crippen molar-refractivity contribution in [3.8, 4) is 17.3 Å². The maximum absolute atomic E-state index is 13.9. The summed E-state index contributed by atoms with van der Waals surface area (Å²) in [4.78, 5) is 25.2. The predicted molar refractivity (Wildman–Crippen MR) is 148 cm³/mol. The second kappa shape index (κ2) is 11.0. The first-order chi connectivity index (χ1) is 19.0. The van der Waals surface area contributed by atoms with Gasteiger partial charge in [-0.2, -0.15) is 0 Å². The lowest BCUT2D eigenvalue weighted by Gasteiger charge is -2.29. The van der Waals surface area contributed by atoms with Crippen LogP contribution in [-0.2, 0) is 17.8 Å². The fourth-order valence-electron chi connectivity index (χ4n) is 4.47. The number of hydrogen-bond donors (Lipinski definition) is 0. The molecule has 0 atom stereocenters. The third-order valence-corrected chi connectivity index (χ3v) is 7.06. The maximum atomic E-state index is 13.9. The van der Waals surface area contributed by atoms with Crippen LogP contribution in [0.25, 0.3) is 17.2 Å². The number of halogens is 2. The summed E-state index contributed by atoms with van der Waals surface area (Å²) < 4.78 is 33.1. The van der Waals surface area contributed by atoms with Crippen LogP contribution in [0.15, 0.2) is 86.7 Å². The normalized spacial score (nSPS) is 13.6. The summed E-state index contributed by atoms with van der Waals surface area (Å²) in [6.07, 6.45) is 3.77. The van der Waals surface area contributed by atoms with Gasteiger partial charge >= 0.3 is 5.56 Å². The van der Waals surface area contributed by atoms with E-state index in [1.165, 1.54) is 16.5 Å². The van der Waals surface area contributed by atoms with E-state index in [-0.39, 0.29) is 35.3 Å². The van der Waals surface area contributed by atoms with Crippen molar-refractivity contribution >= 4 is 27.3 Å². The van der Waals surface area contributed by atoms with Crippen LogP contribution in [-0.4, -0.2) is 40.7 Å². The van der Waals surface area contributed by atoms with E-state index in [0.717, 1.165) is 29.9 Å². The second-order valence-electron chi connectivity index (χ2n) is 9.14. The molecule has 0 saturated carbocycles. The van der Waals surface area contributed by atoms with Gasteiger partial charge in [-0.1, -0.05) is 42.5 Å². The van der Waals surface area contributed by atoms with Gasteiger partial charge in [0.2, 0.25) is 11.6 Å². The first-order valence-electron chi connectivity index (χ1n) is 12.5. The average molecular weight is 591 g/mol. The molecule has 10 heteroatoms. The molecule has 0 spiro atoms. The minimum atomic E-state index is -0.375. The Morgan fingerprint density at radius 1 is 1.03 bits per heavy atom. The van der Waals surface area contributed by atoms with Crippen molar-refractivity contribution in [3.63, 3.8) is 0 Å². The highest BCUT2D eigenvalue weighted by molar-refractivity contribution is 9.10. The molecule has 0 N–H and O–H groups in total. The fourth-order valence-corrected chi connectivity index (χ4v) is 4.99. The highest BCUT2D eigenvalue weighted by Crippen LogP contribution is 2.31. The average Bonchev–Trinajstić information content (AvgIpc) is 3.43. The van der Waals surface area contributed by atoms with Crippen molar-refractivity contribution in [2.24, 2.45) is 0 Å². The Morgan fingerprint density at radius 3 is 2.56 bits per heavy atom. The lowest BCUT2D eigenvalue weighted by molar-refractivity contribution is 0.122. The Kier molecular flexibility index (Phi) is 7.12. The van der Waals surface area contributed by atoms with E-state index in [1.54, 1.807) is 24.5 Å². The summed E-state index contributed by atoms with van der Waals surface area (Å²) >= 11 is 3.61. The van der Waals surface area contributed by atoms with Crippen LogP contribution in [0.2, 0.25) is 0 Å². The summed E-state index contributed by atoms with van der Waals surface area (Å²) in [5.41, 5.74) is 2.89. The van der Waals surface area contributed by atoms with Crippen LogP contribution in [0.5, 0.6) is 5.75 Å². The number of benzene rings is 2. The first-order valence-corrected chi connectivity index (χ1v) is 13.3. The van der Waals surface area contributed by atoms with Gasteiger partial charge in [-0.25, -0.2) is 14.4 Å². The largest absolute Gasteiger partial charge is 0.481 e. The van der Waals surface area contributed by atoms with Crippen LogP contribution in [0, 0.1) is 5.82 Å². The van der Waals surface area contributed by atoms with Crippen LogP contribution in [0.4, 0.5) is 10.1 Å². The summed E-state index contributed by atoms with van der Waals surface area (Å²) in [6.45, 7) is 2.87. The Hall–Kier alpha value is -4.02. The maximum Gasteiger partial charge on any atom is 0.301 e. The Bertz CT molecular complexity index is 1670. The summed E-state index contributed by atoms with van der Waals surface area (Å²) in [7, 11) is 0. The molecule has 1 saturated heterocycles. The Labute approximate surface area is 231 Å². The van der Waals surface area contributed by atoms with E-state index >= 15 is 0 Å². The summed E-state index contributed by atoms with van der Waals surface area (Å²) in [5.74, 6) is 0.450. The molecule has 39 heavy (non-hydrogen) atoms. The molecule has 0 bridgehead atoms. The van der Waals surface area contributed by atoms with Crippen molar-refractivity contribution in [2.75, 3.05) is 31.2 Å². The molecule has 1 aliphatic rings. The number of pyridine rings is 1. The number of morpholine rings is 1. The first kappa shape index (κ1) is 25.3. The number of anilines is 1. The van der Waals surface area contributed by atoms with E-state index in [4.69, 9.17) is 18.9 Å². The van der Waals surface area contributed by atoms with Crippen LogP contribution in [0.1, 0.15) is 16.9 Å². The van der Waals surface area contributed by atoms with E-state index < -0.39 is 0 Å². The molecule has 0 unspecified atom stereocenters. The zero-order valence-corrected chi connectivity index (χ0v) is 22.4. The minimum absolute atomic E-state index is 0.0394. The van der Waals surface area contributed by atoms with E-state index in [1.807, 2.05) is 36.4 Å². The van der Waals surface area contributed by atoms with Crippen LogP contribution in [0.3, 0.4) is 0 Å². The van der Waals surface area contributed by atoms with Crippen molar-refractivity contribution < 1.29 is 18.3 Å². The monoisotopic (exact) mass is 590 g/mol. The molecule has 0 aliphatic carbocycles. The number of oxazole rings is 1. The number of fused-ring (bicyclic) bond motifs is 1. The Morgan fingerprint density at radius 2 is 1.79 bits per heavy atom. The summed E-state index contributed by atoms with van der Waals surface area (Å²) in [5, 5.41) is 0. The zero-order chi connectivity index (χ0) is 26.8. The predicted octanol–water partition coefficient (Wildman–Crippen LogP) is 5.26. The number of nitrogens with zero attached hydrogens (tertiary/aromatic N) is 4. The highest BCUT2D eigenvalue weighted by Gasteiger charge is 2.23. The number of hydrogen-bond acceptors (Lipinski definition) is 7. The molecule has 4 heterocycles. The molecule has 8 nitrogen and oxygen atoms in total. The van der Waals surface area contributed by atoms with Gasteiger partial charge in [-0.3, -0.25) is 9.20 Å². The van der Waals surface area contributed by atoms with E-state index in [2.05, 4.69) is 25.8 Å². The van der Waals surface area contributed by atoms with E-state index in [0.29, 0.717) is 35.5 Å². The van der Waals surface area contributed by atoms with Gasteiger partial charge in [0.25, 0.3) is 0 Å². The van der Waals surface area contributed by atoms with Gasteiger partial charge in [0.1, 0.15) is 18.2 Å². The molecule has 198 valence electrons. The number of ether oxygens (including phenoxy) is 2. The van der Waals surface area contributed by atoms with Gasteiger partial charge in [0.15, 0.2) is 11.3 Å². The SMILES string of the molecule is O=c1c(OCc2ccccc2)c(-c2ncc(Cc3ccc(F)cc3)o2)nc2c(Br)cc(N3CCOCC3)cn12. The van der Waals surface area contributed by atoms with Gasteiger partial charge in [-0.15, -0.1) is 0 Å². The number of aromatic nitrogens is 3. The molecule has 1 fully saturated rings.